The van der Waals surface area contributed by atoms with Crippen LogP contribution in [0.1, 0.15) is 31.7 Å². The molecule has 1 aromatic heterocycles. The number of amides is 2. The number of anilines is 1. The van der Waals surface area contributed by atoms with Crippen LogP contribution in [0.5, 0.6) is 5.75 Å². The summed E-state index contributed by atoms with van der Waals surface area (Å²) in [5.74, 6) is -8.37. The van der Waals surface area contributed by atoms with Crippen LogP contribution in [0.2, 0.25) is 0 Å². The van der Waals surface area contributed by atoms with Crippen LogP contribution in [-0.4, -0.2) is 45.7 Å². The summed E-state index contributed by atoms with van der Waals surface area (Å²) in [5, 5.41) is 2.35. The number of hydrogen-bond acceptors (Lipinski definition) is 5. The Morgan fingerprint density at radius 3 is 2.39 bits per heavy atom. The number of carbonyl (C=O) groups excluding carboxylic acids is 2. The van der Waals surface area contributed by atoms with Crippen molar-refractivity contribution in [3.63, 3.8) is 0 Å². The van der Waals surface area contributed by atoms with E-state index in [2.05, 4.69) is 20.0 Å². The molecule has 1 heterocycles. The lowest BCUT2D eigenvalue weighted by molar-refractivity contribution is -0.274. The van der Waals surface area contributed by atoms with Gasteiger partial charge in [0.2, 0.25) is 5.92 Å². The summed E-state index contributed by atoms with van der Waals surface area (Å²) in [6, 6.07) is 0.498. The molecule has 0 saturated heterocycles. The molecule has 0 bridgehead atoms. The molecule has 36 heavy (non-hydrogen) atoms. The van der Waals surface area contributed by atoms with Crippen molar-refractivity contribution < 1.29 is 45.1 Å². The molecule has 2 amide bonds. The predicted octanol–water partition coefficient (Wildman–Crippen LogP) is 4.60. The smallest absolute Gasteiger partial charge is 0.406 e. The number of aromatic nitrogens is 2. The quantitative estimate of drug-likeness (QED) is 0.408. The van der Waals surface area contributed by atoms with Crippen molar-refractivity contribution in [1.29, 1.82) is 0 Å². The molecular weight excluding hydrogens is 525 g/mol. The third kappa shape index (κ3) is 5.97. The number of halogens is 8. The fraction of sp³-hybridized carbons (Fsp3) is 0.429. The molecule has 3 atom stereocenters. The van der Waals surface area contributed by atoms with E-state index in [-0.39, 0.29) is 23.0 Å². The van der Waals surface area contributed by atoms with Gasteiger partial charge in [-0.25, -0.2) is 27.5 Å². The zero-order valence-corrected chi connectivity index (χ0v) is 19.1. The fourth-order valence-electron chi connectivity index (χ4n) is 3.86. The Hall–Kier alpha value is -3.16. The number of rotatable bonds is 7. The van der Waals surface area contributed by atoms with Gasteiger partial charge in [-0.05, 0) is 25.5 Å². The molecule has 1 N–H and O–H groups in total. The van der Waals surface area contributed by atoms with E-state index in [0.717, 1.165) is 25.6 Å². The first kappa shape index (κ1) is 27.4. The number of hydrogen-bond donors (Lipinski definition) is 1. The first-order valence-electron chi connectivity index (χ1n) is 10.3. The number of carbonyl (C=O) groups is 2. The van der Waals surface area contributed by atoms with Gasteiger partial charge < -0.3 is 10.1 Å². The molecule has 1 aliphatic carbocycles. The number of benzene rings is 1. The Morgan fingerprint density at radius 1 is 1.25 bits per heavy atom. The van der Waals surface area contributed by atoms with Crippen molar-refractivity contribution in [2.45, 2.75) is 55.7 Å². The molecule has 0 radical (unpaired) electrons. The van der Waals surface area contributed by atoms with Crippen molar-refractivity contribution in [3.8, 4) is 5.75 Å². The number of nitrogens with one attached hydrogen (secondary N) is 1. The lowest BCUT2D eigenvalue weighted by Gasteiger charge is -2.40. The molecule has 1 fully saturated rings. The lowest BCUT2D eigenvalue weighted by Crippen LogP contribution is -2.60. The average molecular weight is 543 g/mol. The Balaban J connectivity index is 2.13. The molecular formula is C21H18ClF7N4O3. The van der Waals surface area contributed by atoms with Crippen LogP contribution in [0.4, 0.5) is 36.4 Å². The van der Waals surface area contributed by atoms with Crippen molar-refractivity contribution in [3.05, 3.63) is 48.3 Å². The van der Waals surface area contributed by atoms with Gasteiger partial charge in [0.05, 0.1) is 5.69 Å². The van der Waals surface area contributed by atoms with E-state index >= 15 is 4.39 Å². The first-order valence-corrected chi connectivity index (χ1v) is 10.7. The van der Waals surface area contributed by atoms with Crippen LogP contribution in [0.25, 0.3) is 0 Å². The van der Waals surface area contributed by atoms with Gasteiger partial charge in [-0.2, -0.15) is 0 Å². The highest BCUT2D eigenvalue weighted by Gasteiger charge is 2.50. The van der Waals surface area contributed by atoms with Gasteiger partial charge in [-0.3, -0.25) is 14.5 Å². The lowest BCUT2D eigenvalue weighted by atomic mass is 9.89. The van der Waals surface area contributed by atoms with Gasteiger partial charge in [0.1, 0.15) is 12.1 Å². The van der Waals surface area contributed by atoms with Gasteiger partial charge in [0.15, 0.2) is 11.4 Å². The van der Waals surface area contributed by atoms with Crippen LogP contribution < -0.4 is 15.0 Å². The second-order valence-electron chi connectivity index (χ2n) is 8.10. The SMILES string of the molecule is C[C@@](C(=O)N[C@H]1CCC(F)(F)C1)(c1cncnc1)N(C(=O)[C@H](F)Cl)c1ccc(OC(F)(F)F)cc1F. The van der Waals surface area contributed by atoms with E-state index in [9.17, 15) is 35.9 Å². The van der Waals surface area contributed by atoms with Crippen LogP contribution >= 0.6 is 11.6 Å². The van der Waals surface area contributed by atoms with Crippen molar-refractivity contribution in [2.75, 3.05) is 4.90 Å². The standard InChI is InChI=1S/C21H18ClF7N4O3/c1-19(11-8-30-10-31-9-11,18(35)32-12-4-5-20(25,26)7-12)33(17(34)16(22)24)15-3-2-13(6-14(15)23)36-21(27,28)29/h2-3,6,8-10,12,16H,4-5,7H2,1H3,(H,32,35)/t12-,16-,19-/m0/s1. The van der Waals surface area contributed by atoms with Gasteiger partial charge >= 0.3 is 6.36 Å². The summed E-state index contributed by atoms with van der Waals surface area (Å²) in [5.41, 5.74) is -6.27. The minimum absolute atomic E-state index is 0.118. The third-order valence-corrected chi connectivity index (χ3v) is 5.74. The summed E-state index contributed by atoms with van der Waals surface area (Å²) >= 11 is 5.33. The highest BCUT2D eigenvalue weighted by Crippen LogP contribution is 2.39. The summed E-state index contributed by atoms with van der Waals surface area (Å²) in [6.45, 7) is 1.03. The summed E-state index contributed by atoms with van der Waals surface area (Å²) in [6.07, 6.45) is -3.39. The molecule has 1 saturated carbocycles. The molecule has 0 spiro atoms. The normalized spacial score (nSPS) is 19.8. The minimum Gasteiger partial charge on any atom is -0.406 e. The maximum Gasteiger partial charge on any atom is 0.573 e. The van der Waals surface area contributed by atoms with Gasteiger partial charge in [0, 0.05) is 42.9 Å². The van der Waals surface area contributed by atoms with Crippen molar-refractivity contribution in [2.24, 2.45) is 0 Å². The Kier molecular flexibility index (Phi) is 7.67. The summed E-state index contributed by atoms with van der Waals surface area (Å²) in [7, 11) is 0. The minimum atomic E-state index is -5.16. The molecule has 2 aromatic rings. The molecule has 0 unspecified atom stereocenters. The molecule has 1 aliphatic rings. The van der Waals surface area contributed by atoms with E-state index < -0.39 is 71.4 Å². The maximum absolute atomic E-state index is 15.0. The topological polar surface area (TPSA) is 84.4 Å². The van der Waals surface area contributed by atoms with Gasteiger partial charge in [0.25, 0.3) is 17.4 Å². The molecule has 3 rings (SSSR count). The fourth-order valence-corrected chi connectivity index (χ4v) is 3.95. The number of alkyl halides is 7. The highest BCUT2D eigenvalue weighted by molar-refractivity contribution is 6.32. The van der Waals surface area contributed by atoms with E-state index in [0.29, 0.717) is 12.1 Å². The van der Waals surface area contributed by atoms with Crippen LogP contribution in [0.15, 0.2) is 36.9 Å². The van der Waals surface area contributed by atoms with Gasteiger partial charge in [-0.15, -0.1) is 13.2 Å². The zero-order valence-electron chi connectivity index (χ0n) is 18.3. The zero-order chi connectivity index (χ0) is 26.9. The Labute approximate surface area is 204 Å². The molecule has 0 aliphatic heterocycles. The average Bonchev–Trinajstić information content (AvgIpc) is 3.12. The summed E-state index contributed by atoms with van der Waals surface area (Å²) in [4.78, 5) is 34.1. The first-order chi connectivity index (χ1) is 16.6. The third-order valence-electron chi connectivity index (χ3n) is 5.55. The van der Waals surface area contributed by atoms with Gasteiger partial charge in [-0.1, -0.05) is 11.6 Å². The van der Waals surface area contributed by atoms with E-state index in [1.54, 1.807) is 0 Å². The van der Waals surface area contributed by atoms with Crippen LogP contribution in [0.3, 0.4) is 0 Å². The second-order valence-corrected chi connectivity index (χ2v) is 8.49. The van der Waals surface area contributed by atoms with Crippen molar-refractivity contribution >= 4 is 29.1 Å². The van der Waals surface area contributed by atoms with Crippen LogP contribution in [-0.2, 0) is 15.1 Å². The van der Waals surface area contributed by atoms with E-state index in [1.807, 2.05) is 0 Å². The number of ether oxygens (including phenoxy) is 1. The predicted molar refractivity (Wildman–Crippen MR) is 111 cm³/mol. The largest absolute Gasteiger partial charge is 0.573 e. The number of nitrogens with zero attached hydrogens (tertiary/aromatic N) is 3. The maximum atomic E-state index is 15.0. The van der Waals surface area contributed by atoms with E-state index in [4.69, 9.17) is 11.6 Å². The molecule has 196 valence electrons. The Morgan fingerprint density at radius 2 is 1.89 bits per heavy atom. The monoisotopic (exact) mass is 542 g/mol. The van der Waals surface area contributed by atoms with Crippen molar-refractivity contribution in [1.82, 2.24) is 15.3 Å². The van der Waals surface area contributed by atoms with Crippen LogP contribution in [0, 0.1) is 5.82 Å². The summed E-state index contributed by atoms with van der Waals surface area (Å²) < 4.78 is 97.8. The van der Waals surface area contributed by atoms with E-state index in [1.165, 1.54) is 0 Å². The molecule has 7 nitrogen and oxygen atoms in total. The highest BCUT2D eigenvalue weighted by atomic mass is 35.5. The molecule has 15 heteroatoms. The molecule has 1 aromatic carbocycles. The Bertz CT molecular complexity index is 1120. The second kappa shape index (κ2) is 10.1.